The van der Waals surface area contributed by atoms with Crippen LogP contribution in [0.3, 0.4) is 0 Å². The highest BCUT2D eigenvalue weighted by molar-refractivity contribution is 4.95. The molecule has 0 saturated heterocycles. The topological polar surface area (TPSA) is 26.0 Å². The maximum absolute atomic E-state index is 12.3. The molecule has 0 heterocycles. The number of nitrogens with two attached hydrogens (primary N) is 1. The first kappa shape index (κ1) is 7.92. The summed E-state index contributed by atoms with van der Waals surface area (Å²) < 4.78 is 24.5. The van der Waals surface area contributed by atoms with E-state index in [0.717, 1.165) is 0 Å². The minimum Gasteiger partial charge on any atom is -0.330 e. The molecule has 1 saturated carbocycles. The highest BCUT2D eigenvalue weighted by Gasteiger charge is 2.56. The van der Waals surface area contributed by atoms with Gasteiger partial charge in [0.2, 0.25) is 0 Å². The summed E-state index contributed by atoms with van der Waals surface area (Å²) in [6.45, 7) is 2.43. The Labute approximate surface area is 59.6 Å². The third-order valence-corrected chi connectivity index (χ3v) is 2.04. The Morgan fingerprint density at radius 2 is 2.20 bits per heavy atom. The summed E-state index contributed by atoms with van der Waals surface area (Å²) in [5.41, 5.74) is 5.29. The number of halogens is 2. The van der Waals surface area contributed by atoms with Crippen LogP contribution in [0.5, 0.6) is 0 Å². The van der Waals surface area contributed by atoms with Crippen molar-refractivity contribution in [3.63, 3.8) is 0 Å². The summed E-state index contributed by atoms with van der Waals surface area (Å²) in [7, 11) is 0. The SMILES string of the molecule is CC(CN)CC1CC1(F)F. The fraction of sp³-hybridized carbons (Fsp3) is 1.00. The van der Waals surface area contributed by atoms with Gasteiger partial charge in [0.05, 0.1) is 0 Å². The van der Waals surface area contributed by atoms with Crippen molar-refractivity contribution in [3.8, 4) is 0 Å². The summed E-state index contributed by atoms with van der Waals surface area (Å²) in [5.74, 6) is -2.48. The normalized spacial score (nSPS) is 31.8. The first-order valence-electron chi connectivity index (χ1n) is 3.64. The van der Waals surface area contributed by atoms with Crippen LogP contribution in [0.15, 0.2) is 0 Å². The van der Waals surface area contributed by atoms with Gasteiger partial charge in [0.25, 0.3) is 5.92 Å². The minimum atomic E-state index is -2.36. The monoisotopic (exact) mass is 149 g/mol. The van der Waals surface area contributed by atoms with E-state index in [0.29, 0.717) is 13.0 Å². The van der Waals surface area contributed by atoms with Crippen molar-refractivity contribution in [1.82, 2.24) is 0 Å². The van der Waals surface area contributed by atoms with Crippen LogP contribution in [0.2, 0.25) is 0 Å². The Morgan fingerprint density at radius 1 is 1.70 bits per heavy atom. The van der Waals surface area contributed by atoms with E-state index in [2.05, 4.69) is 0 Å². The molecule has 0 amide bonds. The molecule has 1 nitrogen and oxygen atoms in total. The standard InChI is InChI=1S/C7H13F2N/c1-5(4-10)2-6-3-7(6,8)9/h5-6H,2-4,10H2,1H3. The molecule has 0 aliphatic heterocycles. The molecule has 0 bridgehead atoms. The van der Waals surface area contributed by atoms with Crippen LogP contribution in [0.25, 0.3) is 0 Å². The van der Waals surface area contributed by atoms with Gasteiger partial charge < -0.3 is 5.73 Å². The Kier molecular flexibility index (Phi) is 1.95. The summed E-state index contributed by atoms with van der Waals surface area (Å²) in [6, 6.07) is 0. The van der Waals surface area contributed by atoms with Crippen molar-refractivity contribution in [2.45, 2.75) is 25.7 Å². The molecule has 0 radical (unpaired) electrons. The lowest BCUT2D eigenvalue weighted by atomic mass is 10.1. The second kappa shape index (κ2) is 2.46. The molecule has 0 aromatic carbocycles. The molecular formula is C7H13F2N. The lowest BCUT2D eigenvalue weighted by Crippen LogP contribution is -2.12. The summed E-state index contributed by atoms with van der Waals surface area (Å²) in [5, 5.41) is 0. The van der Waals surface area contributed by atoms with Crippen LogP contribution in [-0.2, 0) is 0 Å². The van der Waals surface area contributed by atoms with Gasteiger partial charge in [-0.15, -0.1) is 0 Å². The van der Waals surface area contributed by atoms with E-state index in [4.69, 9.17) is 5.73 Å². The van der Waals surface area contributed by atoms with Crippen LogP contribution in [0.4, 0.5) is 8.78 Å². The fourth-order valence-corrected chi connectivity index (χ4v) is 1.11. The molecule has 10 heavy (non-hydrogen) atoms. The fourth-order valence-electron chi connectivity index (χ4n) is 1.11. The number of alkyl halides is 2. The van der Waals surface area contributed by atoms with Gasteiger partial charge in [-0.05, 0) is 18.9 Å². The van der Waals surface area contributed by atoms with Crippen LogP contribution in [-0.4, -0.2) is 12.5 Å². The van der Waals surface area contributed by atoms with Crippen molar-refractivity contribution in [1.29, 1.82) is 0 Å². The Balaban J connectivity index is 2.17. The van der Waals surface area contributed by atoms with Gasteiger partial charge in [-0.3, -0.25) is 0 Å². The zero-order chi connectivity index (χ0) is 7.78. The van der Waals surface area contributed by atoms with Gasteiger partial charge in [-0.25, -0.2) is 8.78 Å². The van der Waals surface area contributed by atoms with E-state index >= 15 is 0 Å². The van der Waals surface area contributed by atoms with Crippen molar-refractivity contribution < 1.29 is 8.78 Å². The predicted octanol–water partition coefficient (Wildman–Crippen LogP) is 1.63. The Bertz CT molecular complexity index is 125. The highest BCUT2D eigenvalue weighted by Crippen LogP contribution is 2.51. The van der Waals surface area contributed by atoms with Gasteiger partial charge in [0, 0.05) is 12.3 Å². The van der Waals surface area contributed by atoms with Gasteiger partial charge >= 0.3 is 0 Å². The molecule has 1 rings (SSSR count). The molecule has 2 N–H and O–H groups in total. The summed E-state index contributed by atoms with van der Waals surface area (Å²) in [4.78, 5) is 0. The van der Waals surface area contributed by atoms with Gasteiger partial charge in [0.1, 0.15) is 0 Å². The molecule has 2 atom stereocenters. The van der Waals surface area contributed by atoms with E-state index < -0.39 is 5.92 Å². The van der Waals surface area contributed by atoms with Crippen molar-refractivity contribution in [2.75, 3.05) is 6.54 Å². The molecule has 60 valence electrons. The van der Waals surface area contributed by atoms with E-state index in [1.54, 1.807) is 0 Å². The average molecular weight is 149 g/mol. The summed E-state index contributed by atoms with van der Waals surface area (Å²) >= 11 is 0. The molecule has 1 aliphatic rings. The molecule has 0 aromatic rings. The van der Waals surface area contributed by atoms with Crippen molar-refractivity contribution in [3.05, 3.63) is 0 Å². The molecular weight excluding hydrogens is 136 g/mol. The Morgan fingerprint density at radius 3 is 2.50 bits per heavy atom. The second-order valence-corrected chi connectivity index (χ2v) is 3.24. The van der Waals surface area contributed by atoms with Gasteiger partial charge in [-0.1, -0.05) is 6.92 Å². The minimum absolute atomic E-state index is 0.0807. The first-order chi connectivity index (χ1) is 4.56. The van der Waals surface area contributed by atoms with Crippen molar-refractivity contribution in [2.24, 2.45) is 17.6 Å². The molecule has 2 unspecified atom stereocenters. The van der Waals surface area contributed by atoms with Gasteiger partial charge in [-0.2, -0.15) is 0 Å². The summed E-state index contributed by atoms with van der Waals surface area (Å²) in [6.07, 6.45) is 0.668. The lowest BCUT2D eigenvalue weighted by Gasteiger charge is -2.05. The maximum Gasteiger partial charge on any atom is 0.251 e. The van der Waals surface area contributed by atoms with E-state index in [1.807, 2.05) is 6.92 Å². The Hall–Kier alpha value is -0.180. The van der Waals surface area contributed by atoms with E-state index in [1.165, 1.54) is 0 Å². The van der Waals surface area contributed by atoms with Crippen LogP contribution in [0.1, 0.15) is 19.8 Å². The largest absolute Gasteiger partial charge is 0.330 e. The number of rotatable bonds is 3. The molecule has 0 aromatic heterocycles. The highest BCUT2D eigenvalue weighted by atomic mass is 19.3. The zero-order valence-electron chi connectivity index (χ0n) is 6.11. The van der Waals surface area contributed by atoms with Crippen molar-refractivity contribution >= 4 is 0 Å². The number of hydrogen-bond donors (Lipinski definition) is 1. The average Bonchev–Trinajstić information content (AvgIpc) is 2.40. The second-order valence-electron chi connectivity index (χ2n) is 3.24. The molecule has 1 aliphatic carbocycles. The third-order valence-electron chi connectivity index (χ3n) is 2.04. The van der Waals surface area contributed by atoms with Crippen LogP contribution in [0, 0.1) is 11.8 Å². The smallest absolute Gasteiger partial charge is 0.251 e. The number of hydrogen-bond acceptors (Lipinski definition) is 1. The first-order valence-corrected chi connectivity index (χ1v) is 3.64. The molecule has 1 fully saturated rings. The van der Waals surface area contributed by atoms with E-state index in [9.17, 15) is 8.78 Å². The van der Waals surface area contributed by atoms with Crippen LogP contribution >= 0.6 is 0 Å². The lowest BCUT2D eigenvalue weighted by molar-refractivity contribution is 0.0938. The maximum atomic E-state index is 12.3. The van der Waals surface area contributed by atoms with E-state index in [-0.39, 0.29) is 18.3 Å². The quantitative estimate of drug-likeness (QED) is 0.648. The van der Waals surface area contributed by atoms with Gasteiger partial charge in [0.15, 0.2) is 0 Å². The third kappa shape index (κ3) is 1.66. The van der Waals surface area contributed by atoms with Crippen LogP contribution < -0.4 is 5.73 Å². The molecule has 3 heteroatoms. The zero-order valence-corrected chi connectivity index (χ0v) is 6.11. The predicted molar refractivity (Wildman–Crippen MR) is 35.9 cm³/mol. The molecule has 0 spiro atoms.